The zero-order chi connectivity index (χ0) is 33.1. The van der Waals surface area contributed by atoms with Crippen molar-refractivity contribution in [2.24, 2.45) is 45.3 Å². The second-order valence-corrected chi connectivity index (χ2v) is 18.3. The SMILES string of the molecule is CC(C)(O)[C@@H]1CC[C@](C)([C@H]2CC[C@]3(C)[C@@H]2[C@H](O)C[C@@H]2[C@@]4(C)CC[C@H](O[C@@H]5O[C@H](CO)[C@@H](O)[C@H](O)[C@H]5O)C(C)(C)[C@@H]4CC[C@]23C)O1. The van der Waals surface area contributed by atoms with Gasteiger partial charge in [-0.25, -0.2) is 0 Å². The Morgan fingerprint density at radius 3 is 2.07 bits per heavy atom. The van der Waals surface area contributed by atoms with Gasteiger partial charge in [-0.05, 0) is 124 Å². The van der Waals surface area contributed by atoms with E-state index >= 15 is 0 Å². The van der Waals surface area contributed by atoms with Crippen LogP contribution >= 0.6 is 0 Å². The van der Waals surface area contributed by atoms with E-state index in [1.54, 1.807) is 0 Å². The fraction of sp³-hybridized carbons (Fsp3) is 1.00. The summed E-state index contributed by atoms with van der Waals surface area (Å²) < 4.78 is 18.9. The first kappa shape index (κ1) is 34.5. The van der Waals surface area contributed by atoms with Crippen LogP contribution in [0.2, 0.25) is 0 Å². The van der Waals surface area contributed by atoms with Gasteiger partial charge in [0.05, 0.1) is 36.1 Å². The lowest BCUT2D eigenvalue weighted by atomic mass is 9.35. The summed E-state index contributed by atoms with van der Waals surface area (Å²) in [6, 6.07) is 0. The van der Waals surface area contributed by atoms with Crippen molar-refractivity contribution in [3.63, 3.8) is 0 Å². The van der Waals surface area contributed by atoms with Crippen LogP contribution in [0.3, 0.4) is 0 Å². The minimum atomic E-state index is -1.46. The van der Waals surface area contributed by atoms with Gasteiger partial charge in [0, 0.05) is 0 Å². The molecule has 2 aliphatic heterocycles. The molecule has 2 saturated heterocycles. The Balaban J connectivity index is 1.23. The summed E-state index contributed by atoms with van der Waals surface area (Å²) in [5.74, 6) is 1.07. The largest absolute Gasteiger partial charge is 0.394 e. The molecule has 9 heteroatoms. The van der Waals surface area contributed by atoms with Gasteiger partial charge in [0.15, 0.2) is 6.29 Å². The van der Waals surface area contributed by atoms with Crippen LogP contribution in [0.25, 0.3) is 0 Å². The van der Waals surface area contributed by atoms with E-state index in [0.29, 0.717) is 11.8 Å². The lowest BCUT2D eigenvalue weighted by molar-refractivity contribution is -0.332. The molecule has 260 valence electrons. The smallest absolute Gasteiger partial charge is 0.186 e. The van der Waals surface area contributed by atoms with E-state index in [-0.39, 0.29) is 51.3 Å². The molecule has 45 heavy (non-hydrogen) atoms. The first-order valence-corrected chi connectivity index (χ1v) is 17.8. The fourth-order valence-electron chi connectivity index (χ4n) is 12.6. The molecule has 0 aromatic carbocycles. The number of ether oxygens (including phenoxy) is 3. The lowest BCUT2D eigenvalue weighted by Crippen LogP contribution is -2.67. The number of fused-ring (bicyclic) bond motifs is 5. The van der Waals surface area contributed by atoms with E-state index in [2.05, 4.69) is 41.5 Å². The van der Waals surface area contributed by atoms with Crippen LogP contribution < -0.4 is 0 Å². The summed E-state index contributed by atoms with van der Waals surface area (Å²) in [5, 5.41) is 63.9. The zero-order valence-corrected chi connectivity index (χ0v) is 28.9. The Labute approximate surface area is 270 Å². The average molecular weight is 639 g/mol. The monoisotopic (exact) mass is 638 g/mol. The first-order chi connectivity index (χ1) is 20.7. The Kier molecular flexibility index (Phi) is 8.49. The maximum Gasteiger partial charge on any atom is 0.186 e. The van der Waals surface area contributed by atoms with Crippen molar-refractivity contribution < 1.29 is 44.8 Å². The van der Waals surface area contributed by atoms with Gasteiger partial charge in [0.1, 0.15) is 24.4 Å². The van der Waals surface area contributed by atoms with Crippen molar-refractivity contribution in [1.82, 2.24) is 0 Å². The van der Waals surface area contributed by atoms with Gasteiger partial charge in [-0.3, -0.25) is 0 Å². The maximum absolute atomic E-state index is 12.2. The van der Waals surface area contributed by atoms with Crippen molar-refractivity contribution >= 4 is 0 Å². The van der Waals surface area contributed by atoms with Crippen LogP contribution in [-0.2, 0) is 14.2 Å². The van der Waals surface area contributed by atoms with Crippen LogP contribution in [-0.4, -0.2) is 97.5 Å². The van der Waals surface area contributed by atoms with E-state index < -0.39 is 49.0 Å². The highest BCUT2D eigenvalue weighted by molar-refractivity contribution is 5.20. The van der Waals surface area contributed by atoms with Crippen LogP contribution in [0, 0.1) is 45.3 Å². The fourth-order valence-corrected chi connectivity index (χ4v) is 12.6. The quantitative estimate of drug-likeness (QED) is 0.249. The predicted molar refractivity (Wildman–Crippen MR) is 168 cm³/mol. The molecular formula is C36H62O9. The van der Waals surface area contributed by atoms with Gasteiger partial charge >= 0.3 is 0 Å². The first-order valence-electron chi connectivity index (χ1n) is 17.8. The molecular weight excluding hydrogens is 576 g/mol. The highest BCUT2D eigenvalue weighted by Gasteiger charge is 2.72. The van der Waals surface area contributed by atoms with Gasteiger partial charge in [-0.2, -0.15) is 0 Å². The van der Waals surface area contributed by atoms with Crippen molar-refractivity contribution in [1.29, 1.82) is 0 Å². The van der Waals surface area contributed by atoms with Crippen LogP contribution in [0.4, 0.5) is 0 Å². The second-order valence-electron chi connectivity index (χ2n) is 18.3. The van der Waals surface area contributed by atoms with Crippen LogP contribution in [0.15, 0.2) is 0 Å². The molecule has 0 radical (unpaired) electrons. The number of hydrogen-bond donors (Lipinski definition) is 6. The van der Waals surface area contributed by atoms with Gasteiger partial charge < -0.3 is 44.8 Å². The standard InChI is InChI=1S/C36H62O9/c1-31(2)22-10-15-34(6)23(33(22,5)13-11-24(31)44-30-29(41)28(40)27(39)21(18-37)43-30)17-20(38)26-19(9-14-35(26,34)7)36(8)16-12-25(45-36)32(3,4)42/h19-30,37-42H,9-18H2,1-8H3/t19-,20+,21+,22-,23+,24-,25-,26-,27+,28-,29+,30-,33-,34+,35+,36+/m0/s1. The minimum Gasteiger partial charge on any atom is -0.394 e. The highest BCUT2D eigenvalue weighted by Crippen LogP contribution is 2.76. The molecule has 6 N–H and O–H groups in total. The molecule has 9 nitrogen and oxygen atoms in total. The molecule has 4 aliphatic carbocycles. The minimum absolute atomic E-state index is 0.0153. The number of rotatable bonds is 5. The molecule has 0 bridgehead atoms. The third-order valence-electron chi connectivity index (χ3n) is 15.4. The zero-order valence-electron chi connectivity index (χ0n) is 28.9. The van der Waals surface area contributed by atoms with E-state index in [9.17, 15) is 30.6 Å². The Morgan fingerprint density at radius 1 is 0.778 bits per heavy atom. The normalized spacial score (nSPS) is 56.4. The molecule has 0 spiro atoms. The van der Waals surface area contributed by atoms with Gasteiger partial charge in [0.25, 0.3) is 0 Å². The Morgan fingerprint density at radius 2 is 1.44 bits per heavy atom. The van der Waals surface area contributed by atoms with E-state index in [1.807, 2.05) is 13.8 Å². The third-order valence-corrected chi connectivity index (χ3v) is 15.4. The Hall–Kier alpha value is -0.360. The molecule has 0 unspecified atom stereocenters. The molecule has 0 aromatic rings. The van der Waals surface area contributed by atoms with Crippen molar-refractivity contribution in [2.45, 2.75) is 173 Å². The molecule has 16 atom stereocenters. The van der Waals surface area contributed by atoms with Crippen LogP contribution in [0.1, 0.15) is 113 Å². The summed E-state index contributed by atoms with van der Waals surface area (Å²) in [5.41, 5.74) is -1.49. The van der Waals surface area contributed by atoms with Crippen molar-refractivity contribution in [2.75, 3.05) is 6.61 Å². The Bertz CT molecular complexity index is 1110. The number of aliphatic hydroxyl groups is 6. The van der Waals surface area contributed by atoms with Gasteiger partial charge in [-0.15, -0.1) is 0 Å². The topological polar surface area (TPSA) is 149 Å². The molecule has 0 aromatic heterocycles. The molecule has 6 rings (SSSR count). The van der Waals surface area contributed by atoms with Crippen molar-refractivity contribution in [3.05, 3.63) is 0 Å². The lowest BCUT2D eigenvalue weighted by Gasteiger charge is -2.70. The second kappa shape index (κ2) is 11.1. The van der Waals surface area contributed by atoms with E-state index in [1.165, 1.54) is 0 Å². The third kappa shape index (κ3) is 4.95. The van der Waals surface area contributed by atoms with E-state index in [0.717, 1.165) is 57.8 Å². The maximum atomic E-state index is 12.2. The van der Waals surface area contributed by atoms with Gasteiger partial charge in [0.2, 0.25) is 0 Å². The summed E-state index contributed by atoms with van der Waals surface area (Å²) in [4.78, 5) is 0. The summed E-state index contributed by atoms with van der Waals surface area (Å²) in [6.07, 6.45) is 1.20. The summed E-state index contributed by atoms with van der Waals surface area (Å²) in [7, 11) is 0. The predicted octanol–water partition coefficient (Wildman–Crippen LogP) is 3.54. The van der Waals surface area contributed by atoms with E-state index in [4.69, 9.17) is 14.2 Å². The van der Waals surface area contributed by atoms with Crippen LogP contribution in [0.5, 0.6) is 0 Å². The number of aliphatic hydroxyl groups excluding tert-OH is 5. The molecule has 4 saturated carbocycles. The highest BCUT2D eigenvalue weighted by atomic mass is 16.7. The van der Waals surface area contributed by atoms with Crippen molar-refractivity contribution in [3.8, 4) is 0 Å². The molecule has 0 amide bonds. The number of hydrogen-bond acceptors (Lipinski definition) is 9. The molecule has 2 heterocycles. The summed E-state index contributed by atoms with van der Waals surface area (Å²) >= 11 is 0. The average Bonchev–Trinajstić information content (AvgIpc) is 3.54. The molecule has 6 aliphatic rings. The van der Waals surface area contributed by atoms with Gasteiger partial charge in [-0.1, -0.05) is 34.6 Å². The summed E-state index contributed by atoms with van der Waals surface area (Å²) in [6.45, 7) is 17.4. The molecule has 6 fully saturated rings.